The Hall–Kier alpha value is -1.10. The van der Waals surface area contributed by atoms with Crippen molar-refractivity contribution in [3.8, 4) is 5.75 Å². The molecule has 0 spiro atoms. The molecule has 0 aliphatic carbocycles. The Labute approximate surface area is 103 Å². The van der Waals surface area contributed by atoms with Crippen molar-refractivity contribution in [2.45, 2.75) is 6.92 Å². The maximum absolute atomic E-state index is 11.9. The van der Waals surface area contributed by atoms with Gasteiger partial charge in [-0.2, -0.15) is 0 Å². The predicted octanol–water partition coefficient (Wildman–Crippen LogP) is 3.40. The molecule has 0 aliphatic heterocycles. The Balaban J connectivity index is 3.01. The van der Waals surface area contributed by atoms with Crippen molar-refractivity contribution in [3.05, 3.63) is 34.4 Å². The zero-order valence-corrected chi connectivity index (χ0v) is 10.7. The van der Waals surface area contributed by atoms with Gasteiger partial charge in [-0.25, -0.2) is 4.57 Å². The van der Waals surface area contributed by atoms with Crippen LogP contribution in [0.1, 0.15) is 6.92 Å². The fraction of sp³-hybridized carbons (Fsp3) is 0.333. The average Bonchev–Trinajstić information content (AvgIpc) is 2.29. The van der Waals surface area contributed by atoms with Crippen LogP contribution in [0.15, 0.2) is 24.3 Å². The lowest BCUT2D eigenvalue weighted by atomic mass is 10.3. The summed E-state index contributed by atoms with van der Waals surface area (Å²) in [6, 6.07) is 5.61. The SMILES string of the molecule is CCOP(=O)(CCl)Oc1ccccc1[N+](=O)[O-]. The van der Waals surface area contributed by atoms with Gasteiger partial charge in [0.2, 0.25) is 5.75 Å². The number of benzene rings is 1. The summed E-state index contributed by atoms with van der Waals surface area (Å²) in [6.45, 7) is 1.77. The third kappa shape index (κ3) is 3.70. The molecule has 0 fully saturated rings. The van der Waals surface area contributed by atoms with Crippen LogP contribution in [0.2, 0.25) is 0 Å². The Bertz CT molecular complexity index is 453. The molecule has 6 nitrogen and oxygen atoms in total. The summed E-state index contributed by atoms with van der Waals surface area (Å²) in [5.41, 5.74) is -0.648. The molecule has 0 amide bonds. The highest BCUT2D eigenvalue weighted by molar-refractivity contribution is 7.56. The number of hydrogen-bond acceptors (Lipinski definition) is 5. The minimum Gasteiger partial charge on any atom is -0.416 e. The summed E-state index contributed by atoms with van der Waals surface area (Å²) in [5, 5.41) is 10.7. The second kappa shape index (κ2) is 6.00. The molecule has 0 N–H and O–H groups in total. The molecule has 1 atom stereocenters. The van der Waals surface area contributed by atoms with E-state index in [0.29, 0.717) is 0 Å². The number of para-hydroxylation sites is 2. The fourth-order valence-corrected chi connectivity index (χ4v) is 2.49. The second-order valence-corrected chi connectivity index (χ2v) is 5.58. The topological polar surface area (TPSA) is 78.7 Å². The smallest absolute Gasteiger partial charge is 0.394 e. The molecule has 1 unspecified atom stereocenters. The highest BCUT2D eigenvalue weighted by Gasteiger charge is 2.28. The van der Waals surface area contributed by atoms with Crippen LogP contribution < -0.4 is 4.52 Å². The third-order valence-corrected chi connectivity index (χ3v) is 4.07. The second-order valence-electron chi connectivity index (χ2n) is 2.96. The maximum Gasteiger partial charge on any atom is 0.394 e. The van der Waals surface area contributed by atoms with Crippen LogP contribution in [0, 0.1) is 10.1 Å². The van der Waals surface area contributed by atoms with Gasteiger partial charge in [-0.3, -0.25) is 14.6 Å². The summed E-state index contributed by atoms with van der Waals surface area (Å²) >= 11 is 5.49. The Morgan fingerprint density at radius 2 is 2.12 bits per heavy atom. The van der Waals surface area contributed by atoms with Crippen molar-refractivity contribution < 1.29 is 18.5 Å². The molecule has 0 bridgehead atoms. The zero-order chi connectivity index (χ0) is 12.9. The van der Waals surface area contributed by atoms with Gasteiger partial charge in [-0.05, 0) is 13.0 Å². The first-order valence-corrected chi connectivity index (χ1v) is 7.01. The molecule has 94 valence electrons. The maximum atomic E-state index is 11.9. The van der Waals surface area contributed by atoms with Crippen LogP contribution in [0.5, 0.6) is 5.75 Å². The summed E-state index contributed by atoms with van der Waals surface area (Å²) in [5.74, 6) is -0.116. The summed E-state index contributed by atoms with van der Waals surface area (Å²) in [7, 11) is -3.53. The van der Waals surface area contributed by atoms with Crippen LogP contribution >= 0.6 is 19.2 Å². The molecule has 0 aliphatic rings. The summed E-state index contributed by atoms with van der Waals surface area (Å²) < 4.78 is 21.9. The molecule has 0 saturated heterocycles. The van der Waals surface area contributed by atoms with Crippen molar-refractivity contribution in [2.24, 2.45) is 0 Å². The minimum absolute atomic E-state index is 0.116. The van der Waals surface area contributed by atoms with Gasteiger partial charge in [0, 0.05) is 6.07 Å². The van der Waals surface area contributed by atoms with E-state index in [2.05, 4.69) is 0 Å². The van der Waals surface area contributed by atoms with E-state index < -0.39 is 12.5 Å². The lowest BCUT2D eigenvalue weighted by molar-refractivity contribution is -0.385. The first-order chi connectivity index (χ1) is 8.02. The number of halogens is 1. The third-order valence-electron chi connectivity index (χ3n) is 1.77. The van der Waals surface area contributed by atoms with E-state index in [0.717, 1.165) is 0 Å². The number of nitro benzene ring substituents is 1. The molecule has 1 rings (SSSR count). The molecule has 8 heteroatoms. The van der Waals surface area contributed by atoms with Crippen LogP contribution in [-0.4, -0.2) is 17.2 Å². The number of alkyl halides is 1. The number of nitro groups is 1. The van der Waals surface area contributed by atoms with E-state index in [4.69, 9.17) is 20.6 Å². The number of hydrogen-bond donors (Lipinski definition) is 0. The fourth-order valence-electron chi connectivity index (χ4n) is 1.12. The number of nitrogens with zero attached hydrogens (tertiary/aromatic N) is 1. The van der Waals surface area contributed by atoms with Gasteiger partial charge in [0.05, 0.1) is 11.5 Å². The van der Waals surface area contributed by atoms with Crippen LogP contribution in [0.25, 0.3) is 0 Å². The van der Waals surface area contributed by atoms with Crippen molar-refractivity contribution in [3.63, 3.8) is 0 Å². The molecular formula is C9H11ClNO5P. The monoisotopic (exact) mass is 279 g/mol. The molecule has 17 heavy (non-hydrogen) atoms. The molecule has 1 aromatic carbocycles. The Kier molecular flexibility index (Phi) is 4.93. The van der Waals surface area contributed by atoms with E-state index in [1.807, 2.05) is 0 Å². The average molecular weight is 280 g/mol. The Morgan fingerprint density at radius 1 is 1.47 bits per heavy atom. The standard InChI is InChI=1S/C9H11ClNO5P/c1-2-15-17(14,7-10)16-9-6-4-3-5-8(9)11(12)13/h3-6H,2,7H2,1H3. The highest BCUT2D eigenvalue weighted by Crippen LogP contribution is 2.50. The van der Waals surface area contributed by atoms with Crippen molar-refractivity contribution in [1.82, 2.24) is 0 Å². The summed E-state index contributed by atoms with van der Waals surface area (Å²) in [4.78, 5) is 10.1. The normalized spacial score (nSPS) is 14.0. The molecule has 0 saturated carbocycles. The van der Waals surface area contributed by atoms with E-state index in [9.17, 15) is 14.7 Å². The molecular weight excluding hydrogens is 269 g/mol. The molecule has 0 aromatic heterocycles. The van der Waals surface area contributed by atoms with Gasteiger partial charge in [0.1, 0.15) is 5.62 Å². The van der Waals surface area contributed by atoms with Gasteiger partial charge in [-0.15, -0.1) is 11.6 Å². The van der Waals surface area contributed by atoms with Crippen LogP contribution in [-0.2, 0) is 9.09 Å². The molecule has 1 aromatic rings. The number of rotatable bonds is 6. The quantitative estimate of drug-likeness (QED) is 0.345. The van der Waals surface area contributed by atoms with Crippen LogP contribution in [0.3, 0.4) is 0 Å². The van der Waals surface area contributed by atoms with Crippen molar-refractivity contribution in [2.75, 3.05) is 12.2 Å². The molecule has 0 heterocycles. The van der Waals surface area contributed by atoms with E-state index in [1.165, 1.54) is 24.3 Å². The predicted molar refractivity (Wildman–Crippen MR) is 63.7 cm³/mol. The van der Waals surface area contributed by atoms with Gasteiger partial charge >= 0.3 is 13.3 Å². The summed E-state index contributed by atoms with van der Waals surface area (Å²) in [6.07, 6.45) is 0. The zero-order valence-electron chi connectivity index (χ0n) is 9.04. The van der Waals surface area contributed by atoms with Gasteiger partial charge in [-0.1, -0.05) is 12.1 Å². The Morgan fingerprint density at radius 3 is 2.65 bits per heavy atom. The van der Waals surface area contributed by atoms with E-state index >= 15 is 0 Å². The van der Waals surface area contributed by atoms with Gasteiger partial charge in [0.15, 0.2) is 0 Å². The van der Waals surface area contributed by atoms with E-state index in [1.54, 1.807) is 6.92 Å². The lowest BCUT2D eigenvalue weighted by Crippen LogP contribution is -2.01. The van der Waals surface area contributed by atoms with E-state index in [-0.39, 0.29) is 23.7 Å². The lowest BCUT2D eigenvalue weighted by Gasteiger charge is -2.15. The minimum atomic E-state index is -3.53. The van der Waals surface area contributed by atoms with Gasteiger partial charge < -0.3 is 4.52 Å². The van der Waals surface area contributed by atoms with Crippen molar-refractivity contribution in [1.29, 1.82) is 0 Å². The molecule has 0 radical (unpaired) electrons. The van der Waals surface area contributed by atoms with Gasteiger partial charge in [0.25, 0.3) is 0 Å². The van der Waals surface area contributed by atoms with Crippen molar-refractivity contribution >= 4 is 24.9 Å². The first kappa shape index (κ1) is 14.0. The first-order valence-electron chi connectivity index (χ1n) is 4.75. The highest BCUT2D eigenvalue weighted by atomic mass is 35.5. The van der Waals surface area contributed by atoms with Crippen LogP contribution in [0.4, 0.5) is 5.69 Å². The largest absolute Gasteiger partial charge is 0.416 e.